The van der Waals surface area contributed by atoms with Crippen LogP contribution in [0.2, 0.25) is 0 Å². The van der Waals surface area contributed by atoms with Crippen LogP contribution in [0, 0.1) is 11.8 Å². The Balaban J connectivity index is 2.93. The molecule has 5 N–H and O–H groups in total. The standard InChI is InChI=1S/C24H36N4O7/c1-13(2)21(27-15(5)6)23(33)25-10-19(29)28-17-8-7-16(12-35-24(34)14(3)4)18(9-17)22(32)26-11-20(30)31/h7-9,13-15,21,27H,10-12H2,1-6H3,(H,25,33)(H,26,32)(H,28,29)(H,30,31). The van der Waals surface area contributed by atoms with E-state index in [0.29, 0.717) is 5.56 Å². The van der Waals surface area contributed by atoms with Crippen molar-refractivity contribution in [1.82, 2.24) is 16.0 Å². The van der Waals surface area contributed by atoms with Crippen molar-refractivity contribution in [2.45, 2.75) is 60.2 Å². The molecule has 0 radical (unpaired) electrons. The highest BCUT2D eigenvalue weighted by molar-refractivity contribution is 6.00. The molecule has 1 aromatic rings. The maximum atomic E-state index is 12.5. The Kier molecular flexibility index (Phi) is 11.9. The third-order valence-corrected chi connectivity index (χ3v) is 4.76. The van der Waals surface area contributed by atoms with E-state index in [-0.39, 0.29) is 48.2 Å². The second-order valence-corrected chi connectivity index (χ2v) is 9.02. The lowest BCUT2D eigenvalue weighted by atomic mass is 10.0. The molecule has 11 nitrogen and oxygen atoms in total. The summed E-state index contributed by atoms with van der Waals surface area (Å²) in [6.07, 6.45) is 0. The number of carboxylic acids is 1. The van der Waals surface area contributed by atoms with Crippen LogP contribution in [0.3, 0.4) is 0 Å². The van der Waals surface area contributed by atoms with Crippen molar-refractivity contribution >= 4 is 35.3 Å². The first-order valence-corrected chi connectivity index (χ1v) is 11.4. The van der Waals surface area contributed by atoms with Crippen LogP contribution >= 0.6 is 0 Å². The Hall–Kier alpha value is -3.47. The number of carbonyl (C=O) groups is 5. The number of hydrogen-bond donors (Lipinski definition) is 5. The number of carbonyl (C=O) groups excluding carboxylic acids is 4. The van der Waals surface area contributed by atoms with Gasteiger partial charge in [0.15, 0.2) is 0 Å². The summed E-state index contributed by atoms with van der Waals surface area (Å²) in [6, 6.07) is 4.00. The molecule has 0 fully saturated rings. The number of nitrogens with one attached hydrogen (secondary N) is 4. The van der Waals surface area contributed by atoms with Crippen LogP contribution in [0.1, 0.15) is 57.5 Å². The smallest absolute Gasteiger partial charge is 0.322 e. The first-order valence-electron chi connectivity index (χ1n) is 11.4. The van der Waals surface area contributed by atoms with Crippen LogP contribution in [0.15, 0.2) is 18.2 Å². The summed E-state index contributed by atoms with van der Waals surface area (Å²) >= 11 is 0. The Bertz CT molecular complexity index is 928. The number of benzene rings is 1. The highest BCUT2D eigenvalue weighted by Crippen LogP contribution is 2.18. The van der Waals surface area contributed by atoms with Crippen LogP contribution in [0.4, 0.5) is 5.69 Å². The second-order valence-electron chi connectivity index (χ2n) is 9.02. The van der Waals surface area contributed by atoms with Crippen molar-refractivity contribution in [2.24, 2.45) is 11.8 Å². The lowest BCUT2D eigenvalue weighted by molar-refractivity contribution is -0.148. The largest absolute Gasteiger partial charge is 0.480 e. The molecule has 0 saturated carbocycles. The van der Waals surface area contributed by atoms with E-state index in [9.17, 15) is 24.0 Å². The molecule has 1 atom stereocenters. The van der Waals surface area contributed by atoms with Gasteiger partial charge in [0.1, 0.15) is 13.2 Å². The maximum Gasteiger partial charge on any atom is 0.322 e. The average molecular weight is 493 g/mol. The highest BCUT2D eigenvalue weighted by atomic mass is 16.5. The summed E-state index contributed by atoms with van der Waals surface area (Å²) in [5.41, 5.74) is 0.641. The Morgan fingerprint density at radius 3 is 2.14 bits per heavy atom. The zero-order valence-corrected chi connectivity index (χ0v) is 21.1. The van der Waals surface area contributed by atoms with Crippen molar-refractivity contribution in [3.8, 4) is 0 Å². The molecule has 0 bridgehead atoms. The summed E-state index contributed by atoms with van der Waals surface area (Å²) in [6.45, 7) is 9.90. The van der Waals surface area contributed by atoms with E-state index in [0.717, 1.165) is 0 Å². The van der Waals surface area contributed by atoms with Gasteiger partial charge in [0, 0.05) is 22.9 Å². The molecule has 194 valence electrons. The van der Waals surface area contributed by atoms with E-state index in [1.165, 1.54) is 18.2 Å². The molecule has 0 saturated heterocycles. The Labute approximate surface area is 205 Å². The molecule has 1 rings (SSSR count). The first-order chi connectivity index (χ1) is 16.3. The number of ether oxygens (including phenoxy) is 1. The van der Waals surface area contributed by atoms with E-state index in [1.807, 2.05) is 27.7 Å². The van der Waals surface area contributed by atoms with Gasteiger partial charge < -0.3 is 31.1 Å². The minimum Gasteiger partial charge on any atom is -0.480 e. The molecule has 1 unspecified atom stereocenters. The van der Waals surface area contributed by atoms with Crippen LogP contribution < -0.4 is 21.3 Å². The zero-order valence-electron chi connectivity index (χ0n) is 21.1. The van der Waals surface area contributed by atoms with Crippen LogP contribution in [-0.2, 0) is 30.5 Å². The quantitative estimate of drug-likeness (QED) is 0.257. The molecule has 35 heavy (non-hydrogen) atoms. The van der Waals surface area contributed by atoms with E-state index < -0.39 is 36.3 Å². The maximum absolute atomic E-state index is 12.5. The number of esters is 1. The average Bonchev–Trinajstić information content (AvgIpc) is 2.77. The topological polar surface area (TPSA) is 163 Å². The monoisotopic (exact) mass is 492 g/mol. The molecule has 0 heterocycles. The molecule has 3 amide bonds. The number of carboxylic acid groups (broad SMARTS) is 1. The van der Waals surface area contributed by atoms with Crippen LogP contribution in [-0.4, -0.2) is 59.9 Å². The summed E-state index contributed by atoms with van der Waals surface area (Å²) in [4.78, 5) is 60.0. The third kappa shape index (κ3) is 10.6. The van der Waals surface area contributed by atoms with Gasteiger partial charge in [0.05, 0.1) is 18.5 Å². The minimum atomic E-state index is -1.22. The van der Waals surface area contributed by atoms with Gasteiger partial charge in [-0.3, -0.25) is 24.0 Å². The molecular formula is C24H36N4O7. The Morgan fingerprint density at radius 1 is 0.943 bits per heavy atom. The van der Waals surface area contributed by atoms with E-state index in [2.05, 4.69) is 21.3 Å². The fourth-order valence-corrected chi connectivity index (χ4v) is 2.97. The molecule has 0 aliphatic rings. The van der Waals surface area contributed by atoms with Gasteiger partial charge in [-0.1, -0.05) is 47.6 Å². The van der Waals surface area contributed by atoms with Gasteiger partial charge in [0.25, 0.3) is 5.91 Å². The van der Waals surface area contributed by atoms with Crippen molar-refractivity contribution in [1.29, 1.82) is 0 Å². The summed E-state index contributed by atoms with van der Waals surface area (Å²) in [7, 11) is 0. The fourth-order valence-electron chi connectivity index (χ4n) is 2.97. The van der Waals surface area contributed by atoms with Gasteiger partial charge in [-0.2, -0.15) is 0 Å². The summed E-state index contributed by atoms with van der Waals surface area (Å²) in [5, 5.41) is 19.4. The zero-order chi connectivity index (χ0) is 26.7. The van der Waals surface area contributed by atoms with Crippen molar-refractivity contribution in [3.63, 3.8) is 0 Å². The predicted octanol–water partition coefficient (Wildman–Crippen LogP) is 1.28. The molecule has 0 aromatic heterocycles. The lowest BCUT2D eigenvalue weighted by Crippen LogP contribution is -2.51. The van der Waals surface area contributed by atoms with Gasteiger partial charge in [-0.25, -0.2) is 0 Å². The summed E-state index contributed by atoms with van der Waals surface area (Å²) in [5.74, 6) is -3.54. The molecule has 0 aliphatic carbocycles. The van der Waals surface area contributed by atoms with Crippen LogP contribution in [0.5, 0.6) is 0 Å². The fraction of sp³-hybridized carbons (Fsp3) is 0.542. The Morgan fingerprint density at radius 2 is 1.60 bits per heavy atom. The molecule has 0 spiro atoms. The summed E-state index contributed by atoms with van der Waals surface area (Å²) < 4.78 is 5.18. The minimum absolute atomic E-state index is 0.0182. The molecule has 1 aromatic carbocycles. The van der Waals surface area contributed by atoms with E-state index in [1.54, 1.807) is 13.8 Å². The number of amides is 3. The van der Waals surface area contributed by atoms with E-state index in [4.69, 9.17) is 9.84 Å². The number of rotatable bonds is 13. The first kappa shape index (κ1) is 29.6. The van der Waals surface area contributed by atoms with E-state index >= 15 is 0 Å². The predicted molar refractivity (Wildman–Crippen MR) is 130 cm³/mol. The lowest BCUT2D eigenvalue weighted by Gasteiger charge is -2.23. The second kappa shape index (κ2) is 14.1. The highest BCUT2D eigenvalue weighted by Gasteiger charge is 2.23. The van der Waals surface area contributed by atoms with Gasteiger partial charge in [-0.15, -0.1) is 0 Å². The molecule has 11 heteroatoms. The number of hydrogen-bond acceptors (Lipinski definition) is 7. The number of aliphatic carboxylic acids is 1. The third-order valence-electron chi connectivity index (χ3n) is 4.76. The van der Waals surface area contributed by atoms with Crippen molar-refractivity contribution in [2.75, 3.05) is 18.4 Å². The van der Waals surface area contributed by atoms with Gasteiger partial charge in [-0.05, 0) is 18.1 Å². The van der Waals surface area contributed by atoms with Crippen molar-refractivity contribution < 1.29 is 33.8 Å². The van der Waals surface area contributed by atoms with Crippen molar-refractivity contribution in [3.05, 3.63) is 29.3 Å². The van der Waals surface area contributed by atoms with Gasteiger partial charge >= 0.3 is 11.9 Å². The molecule has 0 aliphatic heterocycles. The normalized spacial score (nSPS) is 11.8. The van der Waals surface area contributed by atoms with Crippen LogP contribution in [0.25, 0.3) is 0 Å². The SMILES string of the molecule is CC(C)NC(C(=O)NCC(=O)Nc1ccc(COC(=O)C(C)C)c(C(=O)NCC(=O)O)c1)C(C)C. The molecular weight excluding hydrogens is 456 g/mol. The number of anilines is 1. The van der Waals surface area contributed by atoms with Gasteiger partial charge in [0.2, 0.25) is 11.8 Å².